The molecule has 1 saturated heterocycles. The van der Waals surface area contributed by atoms with E-state index < -0.39 is 5.91 Å². The molecule has 0 radical (unpaired) electrons. The molecule has 1 aliphatic rings. The molecular weight excluding hydrogens is 318 g/mol. The van der Waals surface area contributed by atoms with Crippen molar-refractivity contribution in [1.82, 2.24) is 4.57 Å². The molecule has 6 heteroatoms. The topological polar surface area (TPSA) is 63.6 Å². The van der Waals surface area contributed by atoms with E-state index in [2.05, 4.69) is 10.2 Å². The molecule has 0 saturated carbocycles. The summed E-state index contributed by atoms with van der Waals surface area (Å²) in [6, 6.07) is 10.9. The minimum Gasteiger partial charge on any atom is -0.380 e. The van der Waals surface area contributed by atoms with Crippen LogP contribution in [0.25, 0.3) is 0 Å². The van der Waals surface area contributed by atoms with Crippen LogP contribution in [0.4, 0.5) is 11.4 Å². The van der Waals surface area contributed by atoms with Gasteiger partial charge in [-0.15, -0.1) is 0 Å². The van der Waals surface area contributed by atoms with Crippen LogP contribution >= 0.6 is 0 Å². The predicted molar refractivity (Wildman–Crippen MR) is 98.3 cm³/mol. The number of anilines is 2. The van der Waals surface area contributed by atoms with E-state index in [-0.39, 0.29) is 17.2 Å². The fourth-order valence-electron chi connectivity index (χ4n) is 3.09. The Bertz CT molecular complexity index is 798. The molecule has 0 spiro atoms. The maximum absolute atomic E-state index is 12.3. The zero-order valence-electron chi connectivity index (χ0n) is 14.6. The van der Waals surface area contributed by atoms with Gasteiger partial charge in [-0.3, -0.25) is 9.59 Å². The minimum atomic E-state index is -0.397. The molecule has 1 atom stereocenters. The Hall–Kier alpha value is -2.60. The first-order valence-corrected chi connectivity index (χ1v) is 8.43. The van der Waals surface area contributed by atoms with Gasteiger partial charge < -0.3 is 19.5 Å². The first-order chi connectivity index (χ1) is 12.1. The SMILES string of the molecule is COC1CCCN(c2ccc(NC(=O)c3cccn(C)c3=O)cc2)C1. The summed E-state index contributed by atoms with van der Waals surface area (Å²) in [7, 11) is 3.38. The molecule has 0 bridgehead atoms. The molecule has 1 fully saturated rings. The van der Waals surface area contributed by atoms with Crippen molar-refractivity contribution in [2.45, 2.75) is 18.9 Å². The molecule has 6 nitrogen and oxygen atoms in total. The Morgan fingerprint density at radius 3 is 2.72 bits per heavy atom. The number of methoxy groups -OCH3 is 1. The lowest BCUT2D eigenvalue weighted by molar-refractivity contribution is 0.0893. The van der Waals surface area contributed by atoms with E-state index >= 15 is 0 Å². The van der Waals surface area contributed by atoms with Gasteiger partial charge in [-0.25, -0.2) is 0 Å². The largest absolute Gasteiger partial charge is 0.380 e. The summed E-state index contributed by atoms with van der Waals surface area (Å²) in [4.78, 5) is 26.6. The van der Waals surface area contributed by atoms with Crippen LogP contribution in [0.3, 0.4) is 0 Å². The van der Waals surface area contributed by atoms with Gasteiger partial charge >= 0.3 is 0 Å². The molecule has 1 aromatic carbocycles. The fourth-order valence-corrected chi connectivity index (χ4v) is 3.09. The van der Waals surface area contributed by atoms with Gasteiger partial charge in [0.1, 0.15) is 5.56 Å². The van der Waals surface area contributed by atoms with Gasteiger partial charge in [0, 0.05) is 44.8 Å². The summed E-state index contributed by atoms with van der Waals surface area (Å²) in [5.74, 6) is -0.397. The third-order valence-corrected chi connectivity index (χ3v) is 4.57. The van der Waals surface area contributed by atoms with Gasteiger partial charge in [0.2, 0.25) is 0 Å². The number of carbonyl (C=O) groups is 1. The molecule has 1 amide bonds. The normalized spacial score (nSPS) is 17.4. The summed E-state index contributed by atoms with van der Waals surface area (Å²) in [5.41, 5.74) is 1.60. The Morgan fingerprint density at radius 2 is 2.00 bits per heavy atom. The smallest absolute Gasteiger partial charge is 0.263 e. The second-order valence-electron chi connectivity index (χ2n) is 6.28. The number of carbonyl (C=O) groups excluding carboxylic acids is 1. The first-order valence-electron chi connectivity index (χ1n) is 8.43. The number of aromatic nitrogens is 1. The van der Waals surface area contributed by atoms with Gasteiger partial charge in [-0.05, 0) is 49.2 Å². The molecule has 1 unspecified atom stereocenters. The molecule has 0 aliphatic carbocycles. The van der Waals surface area contributed by atoms with Crippen LogP contribution in [-0.4, -0.2) is 36.8 Å². The van der Waals surface area contributed by atoms with Crippen LogP contribution in [0.5, 0.6) is 0 Å². The second kappa shape index (κ2) is 7.53. The van der Waals surface area contributed by atoms with Crippen molar-refractivity contribution in [1.29, 1.82) is 0 Å². The zero-order valence-corrected chi connectivity index (χ0v) is 14.6. The highest BCUT2D eigenvalue weighted by atomic mass is 16.5. The van der Waals surface area contributed by atoms with Crippen LogP contribution in [0.1, 0.15) is 23.2 Å². The van der Waals surface area contributed by atoms with Crippen LogP contribution < -0.4 is 15.8 Å². The maximum Gasteiger partial charge on any atom is 0.263 e. The van der Waals surface area contributed by atoms with E-state index in [0.29, 0.717) is 5.69 Å². The Balaban J connectivity index is 1.69. The molecule has 3 rings (SSSR count). The number of hydrogen-bond donors (Lipinski definition) is 1. The van der Waals surface area contributed by atoms with Gasteiger partial charge in [0.25, 0.3) is 11.5 Å². The zero-order chi connectivity index (χ0) is 17.8. The van der Waals surface area contributed by atoms with Crippen LogP contribution in [0.2, 0.25) is 0 Å². The first kappa shape index (κ1) is 17.2. The monoisotopic (exact) mass is 341 g/mol. The highest BCUT2D eigenvalue weighted by molar-refractivity contribution is 6.04. The van der Waals surface area contributed by atoms with Crippen LogP contribution in [-0.2, 0) is 11.8 Å². The molecule has 1 aliphatic heterocycles. The number of hydrogen-bond acceptors (Lipinski definition) is 4. The molecular formula is C19H23N3O3. The van der Waals surface area contributed by atoms with Crippen molar-refractivity contribution in [3.63, 3.8) is 0 Å². The molecule has 25 heavy (non-hydrogen) atoms. The van der Waals surface area contributed by atoms with E-state index in [4.69, 9.17) is 4.74 Å². The standard InChI is InChI=1S/C19H23N3O3/c1-21-11-4-6-17(19(21)24)18(23)20-14-7-9-15(10-8-14)22-12-3-5-16(13-22)25-2/h4,6-11,16H,3,5,12-13H2,1-2H3,(H,20,23). The summed E-state index contributed by atoms with van der Waals surface area (Å²) in [5, 5.41) is 2.78. The number of benzene rings is 1. The van der Waals surface area contributed by atoms with E-state index in [1.165, 1.54) is 10.6 Å². The average molecular weight is 341 g/mol. The number of pyridine rings is 1. The van der Waals surface area contributed by atoms with Crippen molar-refractivity contribution in [2.75, 3.05) is 30.4 Å². The number of rotatable bonds is 4. The van der Waals surface area contributed by atoms with Gasteiger partial charge in [0.15, 0.2) is 0 Å². The van der Waals surface area contributed by atoms with Gasteiger partial charge in [-0.1, -0.05) is 0 Å². The molecule has 132 valence electrons. The predicted octanol–water partition coefficient (Wildman–Crippen LogP) is 2.25. The number of nitrogens with zero attached hydrogens (tertiary/aromatic N) is 2. The lowest BCUT2D eigenvalue weighted by Gasteiger charge is -2.33. The van der Waals surface area contributed by atoms with Gasteiger partial charge in [-0.2, -0.15) is 0 Å². The molecule has 2 heterocycles. The fraction of sp³-hybridized carbons (Fsp3) is 0.368. The average Bonchev–Trinajstić information content (AvgIpc) is 2.64. The number of amides is 1. The summed E-state index contributed by atoms with van der Waals surface area (Å²) in [6.45, 7) is 1.88. The quantitative estimate of drug-likeness (QED) is 0.926. The van der Waals surface area contributed by atoms with E-state index in [9.17, 15) is 9.59 Å². The Labute approximate surface area is 147 Å². The van der Waals surface area contributed by atoms with Crippen molar-refractivity contribution in [3.8, 4) is 0 Å². The third-order valence-electron chi connectivity index (χ3n) is 4.57. The number of ether oxygens (including phenoxy) is 1. The summed E-state index contributed by atoms with van der Waals surface area (Å²) >= 11 is 0. The highest BCUT2D eigenvalue weighted by Gasteiger charge is 2.19. The number of nitrogens with one attached hydrogen (secondary N) is 1. The molecule has 1 N–H and O–H groups in total. The second-order valence-corrected chi connectivity index (χ2v) is 6.28. The number of piperidine rings is 1. The summed E-state index contributed by atoms with van der Waals surface area (Å²) < 4.78 is 6.85. The van der Waals surface area contributed by atoms with Crippen molar-refractivity contribution in [3.05, 3.63) is 58.5 Å². The molecule has 1 aromatic heterocycles. The van der Waals surface area contributed by atoms with Crippen LogP contribution in [0.15, 0.2) is 47.4 Å². The lowest BCUT2D eigenvalue weighted by Crippen LogP contribution is -2.39. The van der Waals surface area contributed by atoms with E-state index in [0.717, 1.165) is 31.6 Å². The maximum atomic E-state index is 12.3. The van der Waals surface area contributed by atoms with Crippen molar-refractivity contribution in [2.24, 2.45) is 7.05 Å². The van der Waals surface area contributed by atoms with E-state index in [1.807, 2.05) is 24.3 Å². The van der Waals surface area contributed by atoms with Crippen LogP contribution in [0, 0.1) is 0 Å². The van der Waals surface area contributed by atoms with Gasteiger partial charge in [0.05, 0.1) is 6.10 Å². The number of aryl methyl sites for hydroxylation is 1. The Morgan fingerprint density at radius 1 is 1.24 bits per heavy atom. The highest BCUT2D eigenvalue weighted by Crippen LogP contribution is 2.23. The lowest BCUT2D eigenvalue weighted by atomic mass is 10.1. The summed E-state index contributed by atoms with van der Waals surface area (Å²) in [6.07, 6.45) is 4.09. The van der Waals surface area contributed by atoms with E-state index in [1.54, 1.807) is 26.4 Å². The Kier molecular flexibility index (Phi) is 5.19. The molecule has 2 aromatic rings. The minimum absolute atomic E-state index is 0.132. The third kappa shape index (κ3) is 3.91. The van der Waals surface area contributed by atoms with Crippen molar-refractivity contribution < 1.29 is 9.53 Å². The van der Waals surface area contributed by atoms with Crippen molar-refractivity contribution >= 4 is 17.3 Å².